The molecule has 0 heterocycles. The number of hydrogen-bond acceptors (Lipinski definition) is 1. The first kappa shape index (κ1) is 30.3. The van der Waals surface area contributed by atoms with E-state index in [0.717, 1.165) is 12.3 Å². The van der Waals surface area contributed by atoms with Crippen LogP contribution >= 0.6 is 15.8 Å². The first-order valence-electron chi connectivity index (χ1n) is 13.2. The number of nitrogens with one attached hydrogen (secondary N) is 1. The summed E-state index contributed by atoms with van der Waals surface area (Å²) < 4.78 is 0. The van der Waals surface area contributed by atoms with E-state index in [2.05, 4.69) is 139 Å². The molecule has 0 unspecified atom stereocenters. The summed E-state index contributed by atoms with van der Waals surface area (Å²) in [6.07, 6.45) is 2.29. The number of benzene rings is 2. The number of hydrogen-bond donors (Lipinski definition) is 1. The standard InChI is InChI=1S/C32H53NP2/c1-23-15-17-27(25(19-23)21-34(29(3,4)5)30(6,7)8)33-28-18-16-24(2)20-26(28)22-35(31(9,10)11)32(12,13)14/h15-20,33H,21-22H2,1-14H3. The van der Waals surface area contributed by atoms with Gasteiger partial charge in [0.05, 0.1) is 0 Å². The van der Waals surface area contributed by atoms with Crippen molar-refractivity contribution in [2.75, 3.05) is 5.32 Å². The zero-order valence-electron chi connectivity index (χ0n) is 25.3. The maximum Gasteiger partial charge on any atom is 0.0420 e. The van der Waals surface area contributed by atoms with Gasteiger partial charge in [0, 0.05) is 11.4 Å². The lowest BCUT2D eigenvalue weighted by Crippen LogP contribution is -2.26. The summed E-state index contributed by atoms with van der Waals surface area (Å²) in [5.41, 5.74) is 8.16. The molecule has 2 aromatic rings. The fourth-order valence-electron chi connectivity index (χ4n) is 5.40. The zero-order chi connectivity index (χ0) is 27.0. The Hall–Kier alpha value is -0.900. The summed E-state index contributed by atoms with van der Waals surface area (Å²) in [4.78, 5) is 0. The molecule has 1 N–H and O–H groups in total. The first-order chi connectivity index (χ1) is 15.7. The van der Waals surface area contributed by atoms with E-state index in [9.17, 15) is 0 Å². The van der Waals surface area contributed by atoms with Gasteiger partial charge in [-0.2, -0.15) is 0 Å². The van der Waals surface area contributed by atoms with Crippen molar-refractivity contribution in [3.05, 3.63) is 58.7 Å². The second-order valence-electron chi connectivity index (χ2n) is 14.3. The van der Waals surface area contributed by atoms with Gasteiger partial charge in [0.1, 0.15) is 0 Å². The lowest BCUT2D eigenvalue weighted by atomic mass is 10.1. The Kier molecular flexibility index (Phi) is 9.39. The highest BCUT2D eigenvalue weighted by atomic mass is 31.1. The van der Waals surface area contributed by atoms with Gasteiger partial charge >= 0.3 is 0 Å². The van der Waals surface area contributed by atoms with Crippen molar-refractivity contribution in [3.8, 4) is 0 Å². The van der Waals surface area contributed by atoms with Crippen LogP contribution in [0.4, 0.5) is 11.4 Å². The monoisotopic (exact) mass is 513 g/mol. The van der Waals surface area contributed by atoms with Gasteiger partial charge in [0.2, 0.25) is 0 Å². The minimum absolute atomic E-state index is 0.217. The first-order valence-corrected chi connectivity index (χ1v) is 16.3. The summed E-state index contributed by atoms with van der Waals surface area (Å²) in [7, 11) is -0.433. The van der Waals surface area contributed by atoms with Crippen molar-refractivity contribution in [3.63, 3.8) is 0 Å². The molecule has 0 radical (unpaired) electrons. The van der Waals surface area contributed by atoms with Crippen LogP contribution in [-0.2, 0) is 12.3 Å². The Morgan fingerprint density at radius 3 is 1.06 bits per heavy atom. The van der Waals surface area contributed by atoms with E-state index in [1.807, 2.05) is 0 Å². The fourth-order valence-corrected chi connectivity index (χ4v) is 12.5. The van der Waals surface area contributed by atoms with E-state index in [0.29, 0.717) is 20.6 Å². The molecule has 0 aromatic heterocycles. The maximum atomic E-state index is 3.93. The molecular weight excluding hydrogens is 460 g/mol. The van der Waals surface area contributed by atoms with E-state index < -0.39 is 0 Å². The van der Waals surface area contributed by atoms with E-state index in [1.165, 1.54) is 33.6 Å². The quantitative estimate of drug-likeness (QED) is 0.379. The fraction of sp³-hybridized carbons (Fsp3) is 0.625. The second kappa shape index (κ2) is 10.8. The van der Waals surface area contributed by atoms with Crippen LogP contribution in [0.25, 0.3) is 0 Å². The van der Waals surface area contributed by atoms with Gasteiger partial charge in [-0.3, -0.25) is 0 Å². The third kappa shape index (κ3) is 8.58. The topological polar surface area (TPSA) is 12.0 Å². The number of rotatable bonds is 6. The Morgan fingerprint density at radius 1 is 0.514 bits per heavy atom. The zero-order valence-corrected chi connectivity index (χ0v) is 27.1. The third-order valence-corrected chi connectivity index (χ3v) is 14.5. The van der Waals surface area contributed by atoms with Crippen molar-refractivity contribution in [1.82, 2.24) is 0 Å². The van der Waals surface area contributed by atoms with E-state index in [-0.39, 0.29) is 15.8 Å². The van der Waals surface area contributed by atoms with Crippen molar-refractivity contribution in [1.29, 1.82) is 0 Å². The molecule has 0 saturated heterocycles. The summed E-state index contributed by atoms with van der Waals surface area (Å²) in [6, 6.07) is 14.0. The van der Waals surface area contributed by atoms with Crippen LogP contribution in [0.2, 0.25) is 0 Å². The van der Waals surface area contributed by atoms with Crippen LogP contribution in [0, 0.1) is 13.8 Å². The summed E-state index contributed by atoms with van der Waals surface area (Å²) in [5, 5.41) is 5.15. The molecule has 0 spiro atoms. The molecule has 196 valence electrons. The molecule has 2 rings (SSSR count). The minimum Gasteiger partial charge on any atom is -0.355 e. The minimum atomic E-state index is -0.217. The molecule has 2 aromatic carbocycles. The summed E-state index contributed by atoms with van der Waals surface area (Å²) in [5.74, 6) is 0. The Balaban J connectivity index is 2.52. The predicted octanol–water partition coefficient (Wildman–Crippen LogP) is 11.2. The summed E-state index contributed by atoms with van der Waals surface area (Å²) in [6.45, 7) is 33.5. The predicted molar refractivity (Wildman–Crippen MR) is 166 cm³/mol. The highest BCUT2D eigenvalue weighted by Crippen LogP contribution is 2.63. The number of anilines is 2. The van der Waals surface area contributed by atoms with Crippen LogP contribution in [0.5, 0.6) is 0 Å². The molecular formula is C32H53NP2. The molecule has 0 aliphatic heterocycles. The van der Waals surface area contributed by atoms with Gasteiger partial charge < -0.3 is 5.32 Å². The van der Waals surface area contributed by atoms with Crippen molar-refractivity contribution in [2.45, 2.75) is 130 Å². The van der Waals surface area contributed by atoms with Crippen LogP contribution in [0.3, 0.4) is 0 Å². The van der Waals surface area contributed by atoms with Gasteiger partial charge in [0.15, 0.2) is 0 Å². The summed E-state index contributed by atoms with van der Waals surface area (Å²) >= 11 is 0. The maximum absolute atomic E-state index is 3.93. The smallest absolute Gasteiger partial charge is 0.0420 e. The molecule has 35 heavy (non-hydrogen) atoms. The second-order valence-corrected chi connectivity index (χ2v) is 22.0. The molecule has 0 bridgehead atoms. The lowest BCUT2D eigenvalue weighted by Gasteiger charge is -2.42. The van der Waals surface area contributed by atoms with E-state index >= 15 is 0 Å². The SMILES string of the molecule is Cc1ccc(Nc2ccc(C)cc2CP(C(C)(C)C)C(C)(C)C)c(CP(C(C)(C)C)C(C)(C)C)c1. The molecule has 3 heteroatoms. The highest BCUT2D eigenvalue weighted by molar-refractivity contribution is 7.60. The molecule has 0 aliphatic carbocycles. The van der Waals surface area contributed by atoms with Gasteiger partial charge in [-0.1, -0.05) is 134 Å². The molecule has 0 amide bonds. The Bertz CT molecular complexity index is 885. The molecule has 0 atom stereocenters. The Labute approximate surface area is 220 Å². The number of aryl methyl sites for hydroxylation is 2. The molecule has 1 nitrogen and oxygen atoms in total. The molecule has 0 aliphatic rings. The van der Waals surface area contributed by atoms with Crippen LogP contribution in [-0.4, -0.2) is 20.6 Å². The van der Waals surface area contributed by atoms with Crippen LogP contribution in [0.1, 0.15) is 105 Å². The average molecular weight is 514 g/mol. The van der Waals surface area contributed by atoms with E-state index in [4.69, 9.17) is 0 Å². The van der Waals surface area contributed by atoms with Gasteiger partial charge in [-0.25, -0.2) is 0 Å². The van der Waals surface area contributed by atoms with Crippen molar-refractivity contribution < 1.29 is 0 Å². The van der Waals surface area contributed by atoms with Crippen molar-refractivity contribution in [2.24, 2.45) is 0 Å². The van der Waals surface area contributed by atoms with Gasteiger partial charge in [0.25, 0.3) is 0 Å². The van der Waals surface area contributed by atoms with Gasteiger partial charge in [-0.05, 0) is 70.1 Å². The van der Waals surface area contributed by atoms with Crippen molar-refractivity contribution >= 4 is 27.2 Å². The molecule has 0 saturated carbocycles. The molecule has 0 fully saturated rings. The van der Waals surface area contributed by atoms with Crippen LogP contribution < -0.4 is 5.32 Å². The normalized spacial score (nSPS) is 13.6. The Morgan fingerprint density at radius 2 is 0.800 bits per heavy atom. The average Bonchev–Trinajstić information content (AvgIpc) is 2.64. The third-order valence-electron chi connectivity index (χ3n) is 6.69. The lowest BCUT2D eigenvalue weighted by molar-refractivity contribution is 0.702. The van der Waals surface area contributed by atoms with E-state index in [1.54, 1.807) is 0 Å². The largest absolute Gasteiger partial charge is 0.355 e. The van der Waals surface area contributed by atoms with Crippen LogP contribution in [0.15, 0.2) is 36.4 Å². The van der Waals surface area contributed by atoms with Gasteiger partial charge in [-0.15, -0.1) is 0 Å². The highest BCUT2D eigenvalue weighted by Gasteiger charge is 2.36.